The molecule has 0 N–H and O–H groups in total. The predicted octanol–water partition coefficient (Wildman–Crippen LogP) is 4.76. The molecule has 0 radical (unpaired) electrons. The van der Waals surface area contributed by atoms with Crippen LogP contribution in [0.3, 0.4) is 0 Å². The fourth-order valence-electron chi connectivity index (χ4n) is 2.35. The van der Waals surface area contributed by atoms with E-state index in [4.69, 9.17) is 0 Å². The van der Waals surface area contributed by atoms with Gasteiger partial charge in [-0.05, 0) is 24.5 Å². The van der Waals surface area contributed by atoms with Crippen LogP contribution in [0.25, 0.3) is 0 Å². The first-order chi connectivity index (χ1) is 8.39. The fraction of sp³-hybridized carbons (Fsp3) is 0.500. The second kappa shape index (κ2) is 5.08. The standard InChI is InChI=1S/C16H22BrN/c1-12(16(2,3)4)18-11-14(17)10-9-13-7-5-6-8-15(13)18/h5-8,14H,1,9-11H2,2-4H3. The highest BCUT2D eigenvalue weighted by Crippen LogP contribution is 2.36. The maximum atomic E-state index is 4.33. The Kier molecular flexibility index (Phi) is 3.86. The maximum absolute atomic E-state index is 4.33. The molecule has 1 aromatic rings. The Morgan fingerprint density at radius 2 is 2.00 bits per heavy atom. The maximum Gasteiger partial charge on any atom is 0.0441 e. The molecule has 18 heavy (non-hydrogen) atoms. The van der Waals surface area contributed by atoms with Crippen LogP contribution in [0.4, 0.5) is 5.69 Å². The minimum atomic E-state index is 0.101. The van der Waals surface area contributed by atoms with E-state index in [0.29, 0.717) is 4.83 Å². The van der Waals surface area contributed by atoms with Crippen LogP contribution < -0.4 is 4.90 Å². The van der Waals surface area contributed by atoms with Crippen molar-refractivity contribution in [3.8, 4) is 0 Å². The number of aryl methyl sites for hydroxylation is 1. The number of benzene rings is 1. The molecular weight excluding hydrogens is 286 g/mol. The van der Waals surface area contributed by atoms with Crippen LogP contribution in [0.15, 0.2) is 36.5 Å². The minimum Gasteiger partial charge on any atom is -0.344 e. The highest BCUT2D eigenvalue weighted by molar-refractivity contribution is 9.09. The zero-order chi connectivity index (χ0) is 13.3. The summed E-state index contributed by atoms with van der Waals surface area (Å²) in [5, 5.41) is 0. The van der Waals surface area contributed by atoms with Crippen molar-refractivity contribution in [3.05, 3.63) is 42.1 Å². The predicted molar refractivity (Wildman–Crippen MR) is 83.4 cm³/mol. The normalized spacial score (nSPS) is 20.2. The second-order valence-corrected chi connectivity index (χ2v) is 7.37. The van der Waals surface area contributed by atoms with E-state index < -0.39 is 0 Å². The van der Waals surface area contributed by atoms with Crippen LogP contribution >= 0.6 is 15.9 Å². The zero-order valence-corrected chi connectivity index (χ0v) is 13.1. The number of anilines is 1. The smallest absolute Gasteiger partial charge is 0.0441 e. The van der Waals surface area contributed by atoms with Crippen molar-refractivity contribution in [2.24, 2.45) is 5.41 Å². The van der Waals surface area contributed by atoms with Crippen molar-refractivity contribution >= 4 is 21.6 Å². The number of alkyl halides is 1. The fourth-order valence-corrected chi connectivity index (χ4v) is 2.86. The third kappa shape index (κ3) is 2.80. The van der Waals surface area contributed by atoms with E-state index in [1.807, 2.05) is 0 Å². The lowest BCUT2D eigenvalue weighted by Crippen LogP contribution is -2.33. The van der Waals surface area contributed by atoms with E-state index in [1.165, 1.54) is 23.4 Å². The first kappa shape index (κ1) is 13.7. The van der Waals surface area contributed by atoms with Crippen LogP contribution in [0, 0.1) is 5.41 Å². The molecule has 2 rings (SSSR count). The van der Waals surface area contributed by atoms with Crippen molar-refractivity contribution in [1.82, 2.24) is 0 Å². The molecule has 0 saturated carbocycles. The van der Waals surface area contributed by atoms with E-state index in [1.54, 1.807) is 0 Å². The second-order valence-electron chi connectivity index (χ2n) is 6.07. The molecule has 1 atom stereocenters. The Balaban J connectivity index is 2.42. The summed E-state index contributed by atoms with van der Waals surface area (Å²) in [5.74, 6) is 0. The molecule has 0 spiro atoms. The summed E-state index contributed by atoms with van der Waals surface area (Å²) in [5.41, 5.74) is 4.06. The molecule has 1 unspecified atom stereocenters. The Bertz CT molecular complexity index is 445. The molecule has 0 aliphatic carbocycles. The summed E-state index contributed by atoms with van der Waals surface area (Å²) in [4.78, 5) is 2.92. The molecule has 0 aromatic heterocycles. The van der Waals surface area contributed by atoms with Gasteiger partial charge in [-0.15, -0.1) is 0 Å². The van der Waals surface area contributed by atoms with E-state index in [9.17, 15) is 0 Å². The topological polar surface area (TPSA) is 3.24 Å². The van der Waals surface area contributed by atoms with E-state index >= 15 is 0 Å². The van der Waals surface area contributed by atoms with Gasteiger partial charge in [0.2, 0.25) is 0 Å². The summed E-state index contributed by atoms with van der Waals surface area (Å²) in [6, 6.07) is 8.71. The summed E-state index contributed by atoms with van der Waals surface area (Å²) >= 11 is 3.79. The van der Waals surface area contributed by atoms with E-state index in [-0.39, 0.29) is 5.41 Å². The number of hydrogen-bond donors (Lipinski definition) is 0. The number of allylic oxidation sites excluding steroid dienone is 1. The van der Waals surface area contributed by atoms with Crippen LogP contribution in [-0.4, -0.2) is 11.4 Å². The molecule has 2 heteroatoms. The van der Waals surface area contributed by atoms with Crippen molar-refractivity contribution < 1.29 is 0 Å². The van der Waals surface area contributed by atoms with Crippen molar-refractivity contribution in [2.45, 2.75) is 38.4 Å². The number of rotatable bonds is 1. The van der Waals surface area contributed by atoms with E-state index in [0.717, 1.165) is 13.0 Å². The Labute approximate surface area is 119 Å². The summed E-state index contributed by atoms with van der Waals surface area (Å²) in [6.07, 6.45) is 2.32. The lowest BCUT2D eigenvalue weighted by Gasteiger charge is -2.35. The highest BCUT2D eigenvalue weighted by Gasteiger charge is 2.27. The molecule has 1 nitrogen and oxygen atoms in total. The summed E-state index contributed by atoms with van der Waals surface area (Å²) < 4.78 is 0. The van der Waals surface area contributed by atoms with Crippen LogP contribution in [0.2, 0.25) is 0 Å². The molecule has 1 heterocycles. The van der Waals surface area contributed by atoms with Gasteiger partial charge in [0.15, 0.2) is 0 Å². The van der Waals surface area contributed by atoms with Gasteiger partial charge in [-0.2, -0.15) is 0 Å². The number of fused-ring (bicyclic) bond motifs is 1. The molecule has 0 bridgehead atoms. The quantitative estimate of drug-likeness (QED) is 0.676. The van der Waals surface area contributed by atoms with Crippen molar-refractivity contribution in [3.63, 3.8) is 0 Å². The van der Waals surface area contributed by atoms with Gasteiger partial charge in [-0.1, -0.05) is 61.5 Å². The molecule has 0 fully saturated rings. The van der Waals surface area contributed by atoms with Gasteiger partial charge >= 0.3 is 0 Å². The molecule has 0 amide bonds. The molecule has 98 valence electrons. The lowest BCUT2D eigenvalue weighted by atomic mass is 9.91. The largest absolute Gasteiger partial charge is 0.344 e. The van der Waals surface area contributed by atoms with Gasteiger partial charge < -0.3 is 4.90 Å². The van der Waals surface area contributed by atoms with Crippen LogP contribution in [0.5, 0.6) is 0 Å². The number of para-hydroxylation sites is 1. The molecular formula is C16H22BrN. The highest BCUT2D eigenvalue weighted by atomic mass is 79.9. The van der Waals surface area contributed by atoms with Gasteiger partial charge in [-0.25, -0.2) is 0 Å². The average molecular weight is 308 g/mol. The van der Waals surface area contributed by atoms with Crippen molar-refractivity contribution in [1.29, 1.82) is 0 Å². The SMILES string of the molecule is C=C(N1CC(Br)CCc2ccccc21)C(C)(C)C. The number of nitrogens with zero attached hydrogens (tertiary/aromatic N) is 1. The Morgan fingerprint density at radius 3 is 2.67 bits per heavy atom. The van der Waals surface area contributed by atoms with Crippen LogP contribution in [0.1, 0.15) is 32.8 Å². The average Bonchev–Trinajstić information content (AvgIpc) is 2.47. The summed E-state index contributed by atoms with van der Waals surface area (Å²) in [7, 11) is 0. The van der Waals surface area contributed by atoms with Crippen LogP contribution in [-0.2, 0) is 6.42 Å². The minimum absolute atomic E-state index is 0.101. The van der Waals surface area contributed by atoms with Gasteiger partial charge in [0.05, 0.1) is 0 Å². The number of hydrogen-bond acceptors (Lipinski definition) is 1. The molecule has 0 saturated heterocycles. The molecule has 1 aliphatic rings. The zero-order valence-electron chi connectivity index (χ0n) is 11.5. The van der Waals surface area contributed by atoms with Gasteiger partial charge in [0.25, 0.3) is 0 Å². The lowest BCUT2D eigenvalue weighted by molar-refractivity contribution is 0.484. The van der Waals surface area contributed by atoms with Gasteiger partial charge in [-0.3, -0.25) is 0 Å². The van der Waals surface area contributed by atoms with E-state index in [2.05, 4.69) is 72.4 Å². The van der Waals surface area contributed by atoms with Gasteiger partial charge in [0.1, 0.15) is 0 Å². The molecule has 1 aromatic carbocycles. The third-order valence-electron chi connectivity index (χ3n) is 3.58. The Morgan fingerprint density at radius 1 is 1.33 bits per heavy atom. The Hall–Kier alpha value is -0.760. The number of halogens is 1. The van der Waals surface area contributed by atoms with Crippen molar-refractivity contribution in [2.75, 3.05) is 11.4 Å². The first-order valence-corrected chi connectivity index (χ1v) is 7.50. The monoisotopic (exact) mass is 307 g/mol. The first-order valence-electron chi connectivity index (χ1n) is 6.58. The molecule has 1 aliphatic heterocycles. The summed E-state index contributed by atoms with van der Waals surface area (Å²) in [6.45, 7) is 12.0. The van der Waals surface area contributed by atoms with Gasteiger partial charge in [0, 0.05) is 28.2 Å². The third-order valence-corrected chi connectivity index (χ3v) is 4.33.